The summed E-state index contributed by atoms with van der Waals surface area (Å²) in [6.45, 7) is 0. The van der Waals surface area contributed by atoms with Gasteiger partial charge in [-0.2, -0.15) is 0 Å². The van der Waals surface area contributed by atoms with Crippen LogP contribution in [-0.4, -0.2) is 17.0 Å². The zero-order valence-electron chi connectivity index (χ0n) is 7.25. The summed E-state index contributed by atoms with van der Waals surface area (Å²) in [4.78, 5) is 22.5. The fourth-order valence-corrected chi connectivity index (χ4v) is 2.54. The Morgan fingerprint density at radius 2 is 2.07 bits per heavy atom. The Morgan fingerprint density at radius 3 is 2.67 bits per heavy atom. The molecule has 1 aliphatic heterocycles. The predicted octanol–water partition coefficient (Wildman–Crippen LogP) is 2.28. The first-order valence-corrected chi connectivity index (χ1v) is 5.59. The van der Waals surface area contributed by atoms with Gasteiger partial charge < -0.3 is 10.4 Å². The van der Waals surface area contributed by atoms with Gasteiger partial charge in [-0.05, 0) is 12.1 Å². The zero-order chi connectivity index (χ0) is 11.2. The lowest BCUT2D eigenvalue weighted by molar-refractivity contribution is -0.115. The average molecular weight is 335 g/mol. The summed E-state index contributed by atoms with van der Waals surface area (Å²) >= 11 is 6.33. The molecule has 0 spiro atoms. The number of aromatic carboxylic acids is 1. The van der Waals surface area contributed by atoms with Gasteiger partial charge in [-0.15, -0.1) is 0 Å². The number of benzene rings is 1. The lowest BCUT2D eigenvalue weighted by atomic mass is 10.1. The van der Waals surface area contributed by atoms with Crippen molar-refractivity contribution in [2.45, 2.75) is 3.23 Å². The molecule has 6 heteroatoms. The number of alkyl halides is 2. The maximum absolute atomic E-state index is 11.5. The van der Waals surface area contributed by atoms with E-state index in [0.717, 1.165) is 0 Å². The van der Waals surface area contributed by atoms with Crippen molar-refractivity contribution in [1.82, 2.24) is 0 Å². The van der Waals surface area contributed by atoms with E-state index >= 15 is 0 Å². The highest BCUT2D eigenvalue weighted by molar-refractivity contribution is 9.25. The minimum absolute atomic E-state index is 0.0969. The molecule has 78 valence electrons. The summed E-state index contributed by atoms with van der Waals surface area (Å²) in [6, 6.07) is 4.70. The molecular weight excluding hydrogens is 330 g/mol. The molecule has 1 aromatic rings. The molecule has 15 heavy (non-hydrogen) atoms. The van der Waals surface area contributed by atoms with E-state index in [0.29, 0.717) is 11.3 Å². The van der Waals surface area contributed by atoms with Crippen LogP contribution in [0, 0.1) is 0 Å². The molecule has 0 aromatic heterocycles. The first-order valence-electron chi connectivity index (χ1n) is 4.00. The normalized spacial score (nSPS) is 17.1. The number of hydrogen-bond acceptors (Lipinski definition) is 2. The van der Waals surface area contributed by atoms with Gasteiger partial charge in [0.15, 0.2) is 3.23 Å². The summed E-state index contributed by atoms with van der Waals surface area (Å²) in [6.07, 6.45) is 0. The van der Waals surface area contributed by atoms with E-state index in [1.165, 1.54) is 6.07 Å². The molecule has 0 radical (unpaired) electrons. The Kier molecular flexibility index (Phi) is 2.35. The van der Waals surface area contributed by atoms with E-state index in [4.69, 9.17) is 5.11 Å². The number of carbonyl (C=O) groups is 2. The van der Waals surface area contributed by atoms with Gasteiger partial charge in [-0.1, -0.05) is 37.9 Å². The number of fused-ring (bicyclic) bond motifs is 1. The van der Waals surface area contributed by atoms with Crippen LogP contribution in [0.3, 0.4) is 0 Å². The minimum Gasteiger partial charge on any atom is -0.478 e. The van der Waals surface area contributed by atoms with Gasteiger partial charge >= 0.3 is 5.97 Å². The number of halogens is 2. The van der Waals surface area contributed by atoms with Gasteiger partial charge in [0, 0.05) is 11.3 Å². The van der Waals surface area contributed by atoms with Crippen LogP contribution in [0.4, 0.5) is 5.69 Å². The maximum Gasteiger partial charge on any atom is 0.336 e. The van der Waals surface area contributed by atoms with Gasteiger partial charge in [0.1, 0.15) is 0 Å². The molecule has 1 amide bonds. The molecule has 0 saturated heterocycles. The van der Waals surface area contributed by atoms with E-state index in [1.54, 1.807) is 12.1 Å². The molecule has 2 N–H and O–H groups in total. The number of amides is 1. The fourth-order valence-electron chi connectivity index (χ4n) is 1.49. The van der Waals surface area contributed by atoms with E-state index in [1.807, 2.05) is 0 Å². The highest BCUT2D eigenvalue weighted by Gasteiger charge is 2.45. The third-order valence-electron chi connectivity index (χ3n) is 2.14. The maximum atomic E-state index is 11.5. The quantitative estimate of drug-likeness (QED) is 0.774. The number of rotatable bonds is 1. The van der Waals surface area contributed by atoms with Gasteiger partial charge in [-0.25, -0.2) is 4.79 Å². The highest BCUT2D eigenvalue weighted by atomic mass is 79.9. The number of carboxylic acid groups (broad SMARTS) is 1. The lowest BCUT2D eigenvalue weighted by Crippen LogP contribution is -2.21. The predicted molar refractivity (Wildman–Crippen MR) is 61.6 cm³/mol. The first kappa shape index (κ1) is 10.6. The van der Waals surface area contributed by atoms with Crippen molar-refractivity contribution in [3.63, 3.8) is 0 Å². The fraction of sp³-hybridized carbons (Fsp3) is 0.111. The van der Waals surface area contributed by atoms with Gasteiger partial charge in [0.25, 0.3) is 5.91 Å². The highest BCUT2D eigenvalue weighted by Crippen LogP contribution is 2.48. The molecule has 0 saturated carbocycles. The molecule has 0 unspecified atom stereocenters. The largest absolute Gasteiger partial charge is 0.478 e. The van der Waals surface area contributed by atoms with Crippen LogP contribution < -0.4 is 5.32 Å². The molecule has 0 bridgehead atoms. The van der Waals surface area contributed by atoms with Crippen LogP contribution in [0.2, 0.25) is 0 Å². The molecular formula is C9H5Br2NO3. The lowest BCUT2D eigenvalue weighted by Gasteiger charge is -2.12. The topological polar surface area (TPSA) is 66.4 Å². The summed E-state index contributed by atoms with van der Waals surface area (Å²) in [5.41, 5.74) is 1.01. The van der Waals surface area contributed by atoms with Crippen molar-refractivity contribution in [2.24, 2.45) is 0 Å². The van der Waals surface area contributed by atoms with Crippen molar-refractivity contribution in [3.8, 4) is 0 Å². The summed E-state index contributed by atoms with van der Waals surface area (Å²) in [7, 11) is 0. The van der Waals surface area contributed by atoms with Crippen LogP contribution in [0.1, 0.15) is 15.9 Å². The zero-order valence-corrected chi connectivity index (χ0v) is 10.4. The molecule has 0 aliphatic carbocycles. The Morgan fingerprint density at radius 1 is 1.40 bits per heavy atom. The molecule has 0 atom stereocenters. The first-order chi connectivity index (χ1) is 6.94. The summed E-state index contributed by atoms with van der Waals surface area (Å²) < 4.78 is -1.15. The number of anilines is 1. The number of nitrogens with one attached hydrogen (secondary N) is 1. The minimum atomic E-state index is -1.15. The van der Waals surface area contributed by atoms with Crippen LogP contribution in [-0.2, 0) is 8.03 Å². The van der Waals surface area contributed by atoms with Crippen LogP contribution >= 0.6 is 31.9 Å². The Labute approximate surface area is 102 Å². The SMILES string of the molecule is O=C(O)c1cccc2c1C(Br)(Br)C(=O)N2. The van der Waals surface area contributed by atoms with E-state index in [-0.39, 0.29) is 11.5 Å². The number of carbonyl (C=O) groups excluding carboxylic acids is 1. The van der Waals surface area contributed by atoms with Crippen molar-refractivity contribution in [2.75, 3.05) is 5.32 Å². The standard InChI is InChI=1S/C9H5Br2NO3/c10-9(11)6-4(7(13)14)2-1-3-5(6)12-8(9)15/h1-3H,(H,12,15)(H,13,14). The monoisotopic (exact) mass is 333 g/mol. The Balaban J connectivity index is 2.72. The summed E-state index contributed by atoms with van der Waals surface area (Å²) in [5.74, 6) is -1.39. The van der Waals surface area contributed by atoms with E-state index in [9.17, 15) is 9.59 Å². The Bertz CT molecular complexity index is 470. The average Bonchev–Trinajstić information content (AvgIpc) is 2.38. The third kappa shape index (κ3) is 1.48. The Hall–Kier alpha value is -0.880. The van der Waals surface area contributed by atoms with E-state index < -0.39 is 9.20 Å². The smallest absolute Gasteiger partial charge is 0.336 e. The van der Waals surface area contributed by atoms with Crippen molar-refractivity contribution in [1.29, 1.82) is 0 Å². The molecule has 1 aromatic carbocycles. The molecule has 1 heterocycles. The molecule has 4 nitrogen and oxygen atoms in total. The second-order valence-corrected chi connectivity index (χ2v) is 6.50. The van der Waals surface area contributed by atoms with E-state index in [2.05, 4.69) is 37.2 Å². The van der Waals surface area contributed by atoms with Crippen LogP contribution in [0.25, 0.3) is 0 Å². The second kappa shape index (κ2) is 3.31. The van der Waals surface area contributed by atoms with Crippen molar-refractivity contribution >= 4 is 49.4 Å². The third-order valence-corrected chi connectivity index (χ3v) is 3.66. The van der Waals surface area contributed by atoms with Crippen LogP contribution in [0.15, 0.2) is 18.2 Å². The van der Waals surface area contributed by atoms with Gasteiger partial charge in [0.05, 0.1) is 5.56 Å². The molecule has 0 fully saturated rings. The molecule has 2 rings (SSSR count). The van der Waals surface area contributed by atoms with Gasteiger partial charge in [-0.3, -0.25) is 4.79 Å². The van der Waals surface area contributed by atoms with Crippen molar-refractivity contribution in [3.05, 3.63) is 29.3 Å². The van der Waals surface area contributed by atoms with Crippen molar-refractivity contribution < 1.29 is 14.7 Å². The number of hydrogen-bond donors (Lipinski definition) is 2. The van der Waals surface area contributed by atoms with Gasteiger partial charge in [0.2, 0.25) is 0 Å². The number of carboxylic acids is 1. The molecule has 1 aliphatic rings. The van der Waals surface area contributed by atoms with Crippen LogP contribution in [0.5, 0.6) is 0 Å². The summed E-state index contributed by atoms with van der Waals surface area (Å²) in [5, 5.41) is 11.6. The second-order valence-electron chi connectivity index (χ2n) is 3.06.